The van der Waals surface area contributed by atoms with E-state index in [1.165, 1.54) is 11.1 Å². The molecule has 2 aliphatic rings. The zero-order valence-electron chi connectivity index (χ0n) is 15.3. The van der Waals surface area contributed by atoms with Gasteiger partial charge >= 0.3 is 6.03 Å². The summed E-state index contributed by atoms with van der Waals surface area (Å²) in [4.78, 5) is 12.5. The van der Waals surface area contributed by atoms with E-state index in [9.17, 15) is 9.90 Å². The van der Waals surface area contributed by atoms with Crippen LogP contribution in [-0.2, 0) is 10.2 Å². The first-order valence-electron chi connectivity index (χ1n) is 9.30. The second kappa shape index (κ2) is 7.34. The Kier molecular flexibility index (Phi) is 5.35. The normalized spacial score (nSPS) is 22.0. The maximum absolute atomic E-state index is 12.5. The van der Waals surface area contributed by atoms with E-state index in [-0.39, 0.29) is 18.1 Å². The molecule has 1 saturated heterocycles. The third kappa shape index (κ3) is 3.98. The maximum Gasteiger partial charge on any atom is 0.315 e. The molecule has 0 spiro atoms. The molecule has 3 N–H and O–H groups in total. The largest absolute Gasteiger partial charge is 0.394 e. The molecule has 1 unspecified atom stereocenters. The van der Waals surface area contributed by atoms with Gasteiger partial charge < -0.3 is 20.5 Å². The second-order valence-corrected chi connectivity index (χ2v) is 7.87. The number of nitrogens with one attached hydrogen (secondary N) is 2. The van der Waals surface area contributed by atoms with Crippen molar-refractivity contribution >= 4 is 6.03 Å². The van der Waals surface area contributed by atoms with Gasteiger partial charge in [0.2, 0.25) is 0 Å². The van der Waals surface area contributed by atoms with Crippen LogP contribution in [0.4, 0.5) is 4.79 Å². The Hall–Kier alpha value is -1.59. The van der Waals surface area contributed by atoms with Crippen LogP contribution in [0.15, 0.2) is 24.3 Å². The summed E-state index contributed by atoms with van der Waals surface area (Å²) in [6, 6.07) is 8.22. The van der Waals surface area contributed by atoms with Crippen molar-refractivity contribution in [2.75, 3.05) is 26.4 Å². The van der Waals surface area contributed by atoms with Gasteiger partial charge in [0.05, 0.1) is 12.1 Å². The standard InChI is InChI=1S/C20H30N2O3/c1-15-5-3-4-6-17(15)20(9-11-25-12-10-20)13-21-18(24)22-19(2,14-23)16-7-8-16/h3-6,16,23H,7-14H2,1-2H3,(H2,21,22,24). The Morgan fingerprint density at radius 1 is 1.32 bits per heavy atom. The average Bonchev–Trinajstić information content (AvgIpc) is 3.47. The summed E-state index contributed by atoms with van der Waals surface area (Å²) < 4.78 is 5.57. The molecule has 1 saturated carbocycles. The zero-order valence-corrected chi connectivity index (χ0v) is 15.3. The highest BCUT2D eigenvalue weighted by Crippen LogP contribution is 2.39. The molecule has 1 heterocycles. The molecule has 1 aliphatic carbocycles. The molecule has 138 valence electrons. The van der Waals surface area contributed by atoms with Crippen molar-refractivity contribution in [1.82, 2.24) is 10.6 Å². The van der Waals surface area contributed by atoms with Crippen molar-refractivity contribution in [3.63, 3.8) is 0 Å². The van der Waals surface area contributed by atoms with Crippen molar-refractivity contribution in [1.29, 1.82) is 0 Å². The van der Waals surface area contributed by atoms with E-state index >= 15 is 0 Å². The Labute approximate surface area is 150 Å². The zero-order chi connectivity index (χ0) is 17.9. The SMILES string of the molecule is Cc1ccccc1C1(CNC(=O)NC(C)(CO)C2CC2)CCOCC1. The van der Waals surface area contributed by atoms with E-state index in [0.29, 0.717) is 25.7 Å². The first-order chi connectivity index (χ1) is 12.0. The van der Waals surface area contributed by atoms with Gasteiger partial charge in [-0.1, -0.05) is 24.3 Å². The summed E-state index contributed by atoms with van der Waals surface area (Å²) in [5, 5.41) is 15.7. The van der Waals surface area contributed by atoms with Crippen molar-refractivity contribution in [2.24, 2.45) is 5.92 Å². The number of hydrogen-bond donors (Lipinski definition) is 3. The van der Waals surface area contributed by atoms with Gasteiger partial charge in [-0.05, 0) is 56.6 Å². The number of ether oxygens (including phenoxy) is 1. The lowest BCUT2D eigenvalue weighted by atomic mass is 9.72. The molecule has 0 radical (unpaired) electrons. The summed E-state index contributed by atoms with van der Waals surface area (Å²) in [6.07, 6.45) is 3.94. The average molecular weight is 346 g/mol. The summed E-state index contributed by atoms with van der Waals surface area (Å²) in [5.74, 6) is 0.386. The lowest BCUT2D eigenvalue weighted by Crippen LogP contribution is -2.56. The minimum Gasteiger partial charge on any atom is -0.394 e. The molecule has 0 bridgehead atoms. The number of benzene rings is 1. The molecule has 3 rings (SSSR count). The fourth-order valence-electron chi connectivity index (χ4n) is 4.02. The van der Waals surface area contributed by atoms with E-state index < -0.39 is 5.54 Å². The fraction of sp³-hybridized carbons (Fsp3) is 0.650. The quantitative estimate of drug-likeness (QED) is 0.741. The molecule has 25 heavy (non-hydrogen) atoms. The molecule has 5 nitrogen and oxygen atoms in total. The first-order valence-corrected chi connectivity index (χ1v) is 9.30. The minimum absolute atomic E-state index is 0.0259. The Balaban J connectivity index is 1.69. The van der Waals surface area contributed by atoms with Gasteiger partial charge in [-0.25, -0.2) is 4.79 Å². The van der Waals surface area contributed by atoms with Gasteiger partial charge in [0.25, 0.3) is 0 Å². The predicted octanol–water partition coefficient (Wildman–Crippen LogP) is 2.50. The number of urea groups is 1. The van der Waals surface area contributed by atoms with Crippen LogP contribution in [-0.4, -0.2) is 43.0 Å². The monoisotopic (exact) mass is 346 g/mol. The number of carbonyl (C=O) groups excluding carboxylic acids is 1. The fourth-order valence-corrected chi connectivity index (χ4v) is 4.02. The van der Waals surface area contributed by atoms with Gasteiger partial charge in [0, 0.05) is 25.2 Å². The number of rotatable bonds is 6. The van der Waals surface area contributed by atoms with E-state index in [4.69, 9.17) is 4.74 Å². The molecule has 1 aliphatic heterocycles. The van der Waals surface area contributed by atoms with Crippen molar-refractivity contribution in [3.8, 4) is 0 Å². The van der Waals surface area contributed by atoms with E-state index in [0.717, 1.165) is 25.7 Å². The molecule has 2 fully saturated rings. The van der Waals surface area contributed by atoms with E-state index in [1.807, 2.05) is 13.0 Å². The molecule has 1 aromatic carbocycles. The summed E-state index contributed by atoms with van der Waals surface area (Å²) >= 11 is 0. The summed E-state index contributed by atoms with van der Waals surface area (Å²) in [6.45, 7) is 6.04. The van der Waals surface area contributed by atoms with Crippen LogP contribution in [0.3, 0.4) is 0 Å². The molecule has 2 amide bonds. The lowest BCUT2D eigenvalue weighted by molar-refractivity contribution is 0.0502. The number of carbonyl (C=O) groups is 1. The Bertz CT molecular complexity index is 609. The number of aliphatic hydroxyl groups is 1. The Morgan fingerprint density at radius 3 is 2.60 bits per heavy atom. The van der Waals surface area contributed by atoms with Crippen LogP contribution in [0.25, 0.3) is 0 Å². The van der Waals surface area contributed by atoms with E-state index in [2.05, 4.69) is 35.8 Å². The van der Waals surface area contributed by atoms with Crippen LogP contribution < -0.4 is 10.6 Å². The Morgan fingerprint density at radius 2 is 2.00 bits per heavy atom. The van der Waals surface area contributed by atoms with Crippen LogP contribution >= 0.6 is 0 Å². The smallest absolute Gasteiger partial charge is 0.315 e. The highest BCUT2D eigenvalue weighted by Gasteiger charge is 2.42. The molecular weight excluding hydrogens is 316 g/mol. The van der Waals surface area contributed by atoms with Crippen molar-refractivity contribution in [2.45, 2.75) is 50.5 Å². The second-order valence-electron chi connectivity index (χ2n) is 7.87. The number of amides is 2. The topological polar surface area (TPSA) is 70.6 Å². The predicted molar refractivity (Wildman–Crippen MR) is 97.7 cm³/mol. The number of hydrogen-bond acceptors (Lipinski definition) is 3. The highest BCUT2D eigenvalue weighted by molar-refractivity contribution is 5.75. The van der Waals surface area contributed by atoms with Gasteiger partial charge in [0.1, 0.15) is 0 Å². The molecular formula is C20H30N2O3. The van der Waals surface area contributed by atoms with Gasteiger partial charge in [0.15, 0.2) is 0 Å². The van der Waals surface area contributed by atoms with Crippen LogP contribution in [0.2, 0.25) is 0 Å². The lowest BCUT2D eigenvalue weighted by Gasteiger charge is -2.39. The molecule has 5 heteroatoms. The highest BCUT2D eigenvalue weighted by atomic mass is 16.5. The van der Waals surface area contributed by atoms with E-state index in [1.54, 1.807) is 0 Å². The van der Waals surface area contributed by atoms with Crippen LogP contribution in [0, 0.1) is 12.8 Å². The van der Waals surface area contributed by atoms with Gasteiger partial charge in [-0.15, -0.1) is 0 Å². The number of aryl methyl sites for hydroxylation is 1. The maximum atomic E-state index is 12.5. The molecule has 0 aromatic heterocycles. The van der Waals surface area contributed by atoms with Gasteiger partial charge in [-0.2, -0.15) is 0 Å². The summed E-state index contributed by atoms with van der Waals surface area (Å²) in [7, 11) is 0. The van der Waals surface area contributed by atoms with Crippen LogP contribution in [0.1, 0.15) is 43.7 Å². The first kappa shape index (κ1) is 18.2. The van der Waals surface area contributed by atoms with Gasteiger partial charge in [-0.3, -0.25) is 0 Å². The number of aliphatic hydroxyl groups excluding tert-OH is 1. The third-order valence-electron chi connectivity index (χ3n) is 5.96. The van der Waals surface area contributed by atoms with Crippen molar-refractivity contribution < 1.29 is 14.6 Å². The third-order valence-corrected chi connectivity index (χ3v) is 5.96. The molecule has 1 atom stereocenters. The molecule has 1 aromatic rings. The van der Waals surface area contributed by atoms with Crippen LogP contribution in [0.5, 0.6) is 0 Å². The minimum atomic E-state index is -0.518. The summed E-state index contributed by atoms with van der Waals surface area (Å²) in [5.41, 5.74) is 1.95. The van der Waals surface area contributed by atoms with Crippen molar-refractivity contribution in [3.05, 3.63) is 35.4 Å².